The lowest BCUT2D eigenvalue weighted by atomic mass is 10.0. The fourth-order valence-electron chi connectivity index (χ4n) is 2.63. The van der Waals surface area contributed by atoms with E-state index in [9.17, 15) is 4.79 Å². The molecule has 0 aliphatic heterocycles. The van der Waals surface area contributed by atoms with Gasteiger partial charge >= 0.3 is 0 Å². The van der Waals surface area contributed by atoms with Crippen molar-refractivity contribution in [1.82, 2.24) is 9.80 Å². The van der Waals surface area contributed by atoms with Gasteiger partial charge in [0.2, 0.25) is 5.91 Å². The summed E-state index contributed by atoms with van der Waals surface area (Å²) >= 11 is 0. The van der Waals surface area contributed by atoms with Gasteiger partial charge in [-0.25, -0.2) is 0 Å². The van der Waals surface area contributed by atoms with E-state index >= 15 is 0 Å². The van der Waals surface area contributed by atoms with Crippen LogP contribution in [0.15, 0.2) is 0 Å². The molecule has 0 radical (unpaired) electrons. The molecule has 0 heterocycles. The summed E-state index contributed by atoms with van der Waals surface area (Å²) in [5, 5.41) is 9.05. The summed E-state index contributed by atoms with van der Waals surface area (Å²) < 4.78 is 0. The van der Waals surface area contributed by atoms with E-state index < -0.39 is 0 Å². The molecule has 0 saturated heterocycles. The molecule has 96 valence electrons. The first kappa shape index (κ1) is 14.0. The predicted molar refractivity (Wildman–Crippen MR) is 67.3 cm³/mol. The molecule has 0 spiro atoms. The monoisotopic (exact) mass is 237 g/mol. The summed E-state index contributed by atoms with van der Waals surface area (Å²) in [6, 6.07) is 2.62. The maximum absolute atomic E-state index is 12.0. The predicted octanol–water partition coefficient (Wildman–Crippen LogP) is 1.48. The Labute approximate surface area is 104 Å². The lowest BCUT2D eigenvalue weighted by Gasteiger charge is -2.28. The Balaban J connectivity index is 2.51. The summed E-state index contributed by atoms with van der Waals surface area (Å²) in [5.41, 5.74) is 0. The van der Waals surface area contributed by atoms with E-state index in [2.05, 4.69) is 11.0 Å². The zero-order chi connectivity index (χ0) is 12.8. The Kier molecular flexibility index (Phi) is 5.43. The minimum Gasteiger partial charge on any atom is -0.342 e. The van der Waals surface area contributed by atoms with Gasteiger partial charge in [0, 0.05) is 19.1 Å². The van der Waals surface area contributed by atoms with Gasteiger partial charge in [0.1, 0.15) is 0 Å². The van der Waals surface area contributed by atoms with Crippen LogP contribution in [-0.4, -0.2) is 48.4 Å². The van der Waals surface area contributed by atoms with E-state index in [1.165, 1.54) is 0 Å². The summed E-state index contributed by atoms with van der Waals surface area (Å²) in [6.45, 7) is 5.94. The van der Waals surface area contributed by atoms with Crippen LogP contribution in [-0.2, 0) is 4.79 Å². The largest absolute Gasteiger partial charge is 0.342 e. The molecule has 1 aliphatic rings. The highest BCUT2D eigenvalue weighted by molar-refractivity contribution is 5.78. The summed E-state index contributed by atoms with van der Waals surface area (Å²) in [5.74, 6) is 0.269. The maximum Gasteiger partial charge on any atom is 0.236 e. The number of rotatable bonds is 5. The Morgan fingerprint density at radius 3 is 2.53 bits per heavy atom. The second-order valence-electron chi connectivity index (χ2n) is 4.71. The molecule has 1 amide bonds. The third-order valence-corrected chi connectivity index (χ3v) is 3.71. The zero-order valence-electron chi connectivity index (χ0n) is 11.1. The van der Waals surface area contributed by atoms with Crippen LogP contribution < -0.4 is 0 Å². The highest BCUT2D eigenvalue weighted by atomic mass is 16.2. The van der Waals surface area contributed by atoms with Crippen LogP contribution in [0.25, 0.3) is 0 Å². The van der Waals surface area contributed by atoms with Crippen molar-refractivity contribution in [3.63, 3.8) is 0 Å². The molecule has 1 fully saturated rings. The van der Waals surface area contributed by atoms with Gasteiger partial charge in [-0.05, 0) is 33.7 Å². The van der Waals surface area contributed by atoms with E-state index in [1.54, 1.807) is 0 Å². The molecule has 1 saturated carbocycles. The molecule has 2 atom stereocenters. The highest BCUT2D eigenvalue weighted by Crippen LogP contribution is 2.28. The van der Waals surface area contributed by atoms with Gasteiger partial charge in [-0.15, -0.1) is 0 Å². The van der Waals surface area contributed by atoms with E-state index in [4.69, 9.17) is 5.26 Å². The van der Waals surface area contributed by atoms with Gasteiger partial charge in [-0.2, -0.15) is 5.26 Å². The normalized spacial score (nSPS) is 23.7. The van der Waals surface area contributed by atoms with Crippen LogP contribution in [0.5, 0.6) is 0 Å². The Bertz CT molecular complexity index is 294. The number of amides is 1. The summed E-state index contributed by atoms with van der Waals surface area (Å²) in [4.78, 5) is 15.9. The number of hydrogen-bond donors (Lipinski definition) is 0. The molecule has 0 aromatic carbocycles. The number of carbonyl (C=O) groups excluding carboxylic acids is 1. The van der Waals surface area contributed by atoms with Crippen molar-refractivity contribution in [2.75, 3.05) is 26.7 Å². The molecular weight excluding hydrogens is 214 g/mol. The van der Waals surface area contributed by atoms with E-state index in [1.807, 2.05) is 25.8 Å². The molecule has 1 aliphatic carbocycles. The van der Waals surface area contributed by atoms with Gasteiger partial charge in [0.25, 0.3) is 0 Å². The number of likely N-dealkylation sites (N-methyl/N-ethyl adjacent to an activating group) is 2. The lowest BCUT2D eigenvalue weighted by molar-refractivity contribution is -0.132. The lowest BCUT2D eigenvalue weighted by Crippen LogP contribution is -2.43. The third-order valence-electron chi connectivity index (χ3n) is 3.71. The first-order valence-corrected chi connectivity index (χ1v) is 6.51. The highest BCUT2D eigenvalue weighted by Gasteiger charge is 2.31. The van der Waals surface area contributed by atoms with Crippen LogP contribution >= 0.6 is 0 Å². The minimum atomic E-state index is 0.101. The SMILES string of the molecule is CCN(CC)C(=O)CN(C)C1CCCC1C#N. The average Bonchev–Trinajstić information content (AvgIpc) is 2.78. The summed E-state index contributed by atoms with van der Waals surface area (Å²) in [7, 11) is 1.96. The minimum absolute atomic E-state index is 0.101. The van der Waals surface area contributed by atoms with E-state index in [0.717, 1.165) is 32.4 Å². The number of hydrogen-bond acceptors (Lipinski definition) is 3. The van der Waals surface area contributed by atoms with Crippen LogP contribution in [0.1, 0.15) is 33.1 Å². The standard InChI is InChI=1S/C13H23N3O/c1-4-16(5-2)13(17)10-15(3)12-8-6-7-11(12)9-14/h11-12H,4-8,10H2,1-3H3. The van der Waals surface area contributed by atoms with Gasteiger partial charge in [-0.1, -0.05) is 6.42 Å². The van der Waals surface area contributed by atoms with Crippen LogP contribution in [0.4, 0.5) is 0 Å². The molecule has 0 N–H and O–H groups in total. The van der Waals surface area contributed by atoms with Crippen molar-refractivity contribution in [3.8, 4) is 6.07 Å². The van der Waals surface area contributed by atoms with E-state index in [-0.39, 0.29) is 17.9 Å². The molecule has 17 heavy (non-hydrogen) atoms. The topological polar surface area (TPSA) is 47.3 Å². The number of nitrogens with zero attached hydrogens (tertiary/aromatic N) is 3. The van der Waals surface area contributed by atoms with Crippen molar-refractivity contribution in [1.29, 1.82) is 5.26 Å². The third kappa shape index (κ3) is 3.44. The fraction of sp³-hybridized carbons (Fsp3) is 0.846. The van der Waals surface area contributed by atoms with Crippen molar-refractivity contribution >= 4 is 5.91 Å². The van der Waals surface area contributed by atoms with E-state index in [0.29, 0.717) is 6.54 Å². The van der Waals surface area contributed by atoms with Crippen molar-refractivity contribution in [2.45, 2.75) is 39.2 Å². The fourth-order valence-corrected chi connectivity index (χ4v) is 2.63. The molecule has 0 aromatic heterocycles. The second-order valence-corrected chi connectivity index (χ2v) is 4.71. The van der Waals surface area contributed by atoms with Gasteiger partial charge in [0.05, 0.1) is 18.5 Å². The molecule has 0 aromatic rings. The van der Waals surface area contributed by atoms with Crippen molar-refractivity contribution in [2.24, 2.45) is 5.92 Å². The van der Waals surface area contributed by atoms with Gasteiger partial charge in [-0.3, -0.25) is 9.69 Å². The van der Waals surface area contributed by atoms with Crippen LogP contribution in [0.2, 0.25) is 0 Å². The summed E-state index contributed by atoms with van der Waals surface area (Å²) in [6.07, 6.45) is 3.12. The molecular formula is C13H23N3O. The molecule has 2 unspecified atom stereocenters. The second kappa shape index (κ2) is 6.61. The van der Waals surface area contributed by atoms with Crippen LogP contribution in [0.3, 0.4) is 0 Å². The Morgan fingerprint density at radius 1 is 1.35 bits per heavy atom. The Morgan fingerprint density at radius 2 is 2.00 bits per heavy atom. The number of carbonyl (C=O) groups is 1. The quantitative estimate of drug-likeness (QED) is 0.727. The van der Waals surface area contributed by atoms with Gasteiger partial charge < -0.3 is 4.90 Å². The first-order valence-electron chi connectivity index (χ1n) is 6.51. The maximum atomic E-state index is 12.0. The zero-order valence-corrected chi connectivity index (χ0v) is 11.1. The molecule has 4 nitrogen and oxygen atoms in total. The average molecular weight is 237 g/mol. The van der Waals surface area contributed by atoms with Crippen molar-refractivity contribution in [3.05, 3.63) is 0 Å². The molecule has 4 heteroatoms. The number of nitriles is 1. The van der Waals surface area contributed by atoms with Crippen molar-refractivity contribution < 1.29 is 4.79 Å². The Hall–Kier alpha value is -1.08. The smallest absolute Gasteiger partial charge is 0.236 e. The van der Waals surface area contributed by atoms with Gasteiger partial charge in [0.15, 0.2) is 0 Å². The van der Waals surface area contributed by atoms with Crippen LogP contribution in [0, 0.1) is 17.2 Å². The molecule has 1 rings (SSSR count). The molecule has 0 bridgehead atoms. The first-order chi connectivity index (χ1) is 8.13.